The number of quaternary nitrogens is 1. The normalized spacial score (nSPS) is 22.1. The zero-order valence-corrected chi connectivity index (χ0v) is 12.3. The third-order valence-corrected chi connectivity index (χ3v) is 3.72. The molecule has 0 bridgehead atoms. The summed E-state index contributed by atoms with van der Waals surface area (Å²) in [5.74, 6) is -1.19. The van der Waals surface area contributed by atoms with Crippen LogP contribution in [0.3, 0.4) is 0 Å². The van der Waals surface area contributed by atoms with E-state index in [0.29, 0.717) is 16.9 Å². The second kappa shape index (κ2) is 5.83. The Labute approximate surface area is 122 Å². The van der Waals surface area contributed by atoms with Crippen molar-refractivity contribution in [2.24, 2.45) is 5.92 Å². The predicted octanol–water partition coefficient (Wildman–Crippen LogP) is 0.910. The van der Waals surface area contributed by atoms with E-state index in [1.807, 2.05) is 0 Å². The van der Waals surface area contributed by atoms with Crippen LogP contribution in [0.25, 0.3) is 0 Å². The van der Waals surface area contributed by atoms with Gasteiger partial charge in [0.1, 0.15) is 12.3 Å². The van der Waals surface area contributed by atoms with Crippen molar-refractivity contribution in [1.29, 1.82) is 0 Å². The molecule has 0 fully saturated rings. The van der Waals surface area contributed by atoms with Gasteiger partial charge in [-0.2, -0.15) is 0 Å². The molecule has 0 aromatic heterocycles. The number of rotatable bonds is 4. The Morgan fingerprint density at radius 2 is 2.19 bits per heavy atom. The number of carboxylic acid groups (broad SMARTS) is 1. The molecule has 6 heteroatoms. The molecular weight excluding hydrogens is 274 g/mol. The fourth-order valence-electron chi connectivity index (χ4n) is 2.45. The van der Waals surface area contributed by atoms with Crippen molar-refractivity contribution in [1.82, 2.24) is 0 Å². The van der Waals surface area contributed by atoms with Crippen LogP contribution in [0.1, 0.15) is 41.8 Å². The number of benzene rings is 1. The van der Waals surface area contributed by atoms with Crippen molar-refractivity contribution in [3.8, 4) is 5.75 Å². The summed E-state index contributed by atoms with van der Waals surface area (Å²) >= 11 is 0. The molecule has 0 aliphatic carbocycles. The molecule has 114 valence electrons. The maximum atomic E-state index is 12.3. The lowest BCUT2D eigenvalue weighted by Crippen LogP contribution is -3.11. The van der Waals surface area contributed by atoms with Crippen LogP contribution in [0.5, 0.6) is 5.75 Å². The number of hydrogen-bond donors (Lipinski definition) is 2. The van der Waals surface area contributed by atoms with Crippen LogP contribution in [0.4, 0.5) is 0 Å². The van der Waals surface area contributed by atoms with Gasteiger partial charge in [-0.15, -0.1) is 0 Å². The Balaban J connectivity index is 2.32. The van der Waals surface area contributed by atoms with E-state index in [2.05, 4.69) is 0 Å². The Morgan fingerprint density at radius 1 is 1.52 bits per heavy atom. The van der Waals surface area contributed by atoms with Gasteiger partial charge in [0.15, 0.2) is 5.78 Å². The molecule has 0 amide bonds. The Bertz CT molecular complexity index is 584. The number of ether oxygens (including phenoxy) is 1. The molecule has 0 spiro atoms. The standard InChI is InChI=1S/C15H19NO5/c1-8-4-13-11(7-16(20)10(3)21-13)6-12(8)15(19)9(2)5-14(17)18/h4,6,9-10,16H,5,7H2,1-3H3,(H,17,18). The number of ketones is 1. The van der Waals surface area contributed by atoms with Gasteiger partial charge in [-0.25, -0.2) is 0 Å². The monoisotopic (exact) mass is 293 g/mol. The molecule has 0 saturated heterocycles. The van der Waals surface area contributed by atoms with Crippen molar-refractivity contribution < 1.29 is 24.5 Å². The lowest BCUT2D eigenvalue weighted by molar-refractivity contribution is -0.911. The molecule has 6 nitrogen and oxygen atoms in total. The summed E-state index contributed by atoms with van der Waals surface area (Å²) in [5, 5.41) is 20.5. The number of hydrogen-bond acceptors (Lipinski definition) is 4. The minimum atomic E-state index is -1.00. The van der Waals surface area contributed by atoms with Gasteiger partial charge < -0.3 is 20.1 Å². The molecular formula is C15H19NO5. The number of carboxylic acids is 1. The van der Waals surface area contributed by atoms with Gasteiger partial charge in [-0.05, 0) is 24.6 Å². The lowest BCUT2D eigenvalue weighted by atomic mass is 9.91. The molecule has 3 unspecified atom stereocenters. The fourth-order valence-corrected chi connectivity index (χ4v) is 2.45. The smallest absolute Gasteiger partial charge is 0.304 e. The third kappa shape index (κ3) is 3.22. The molecule has 2 N–H and O–H groups in total. The van der Waals surface area contributed by atoms with Crippen LogP contribution in [-0.4, -0.2) is 23.1 Å². The summed E-state index contributed by atoms with van der Waals surface area (Å²) in [6, 6.07) is 3.41. The molecule has 3 atom stereocenters. The van der Waals surface area contributed by atoms with Crippen LogP contribution in [0, 0.1) is 18.0 Å². The Morgan fingerprint density at radius 3 is 2.81 bits per heavy atom. The van der Waals surface area contributed by atoms with Gasteiger partial charge in [0.25, 0.3) is 0 Å². The maximum absolute atomic E-state index is 12.3. The summed E-state index contributed by atoms with van der Waals surface area (Å²) in [7, 11) is 0. The number of carbonyl (C=O) groups is 2. The van der Waals surface area contributed by atoms with Gasteiger partial charge in [0.2, 0.25) is 6.23 Å². The van der Waals surface area contributed by atoms with Crippen LogP contribution in [0.2, 0.25) is 0 Å². The average Bonchev–Trinajstić information content (AvgIpc) is 2.38. The molecule has 1 aromatic carbocycles. The molecule has 2 rings (SSSR count). The van der Waals surface area contributed by atoms with Gasteiger partial charge in [-0.3, -0.25) is 9.59 Å². The molecule has 21 heavy (non-hydrogen) atoms. The number of aliphatic carboxylic acids is 1. The summed E-state index contributed by atoms with van der Waals surface area (Å²) in [4.78, 5) is 23.1. The highest BCUT2D eigenvalue weighted by Crippen LogP contribution is 2.27. The molecule has 1 aliphatic heterocycles. The first-order chi connectivity index (χ1) is 9.79. The van der Waals surface area contributed by atoms with E-state index >= 15 is 0 Å². The minimum Gasteiger partial charge on any atom is -0.631 e. The van der Waals surface area contributed by atoms with Crippen LogP contribution in [0.15, 0.2) is 12.1 Å². The van der Waals surface area contributed by atoms with Crippen molar-refractivity contribution in [2.75, 3.05) is 0 Å². The van der Waals surface area contributed by atoms with Crippen molar-refractivity contribution >= 4 is 11.8 Å². The highest BCUT2D eigenvalue weighted by atomic mass is 16.6. The Hall–Kier alpha value is -1.92. The highest BCUT2D eigenvalue weighted by molar-refractivity contribution is 6.00. The summed E-state index contributed by atoms with van der Waals surface area (Å²) in [6.45, 7) is 5.32. The van der Waals surface area contributed by atoms with Crippen molar-refractivity contribution in [3.05, 3.63) is 34.0 Å². The summed E-state index contributed by atoms with van der Waals surface area (Å²) in [5.41, 5.74) is 1.89. The number of hydroxylamine groups is 2. The topological polar surface area (TPSA) is 91.1 Å². The number of nitrogens with one attached hydrogen (secondary N) is 1. The second-order valence-corrected chi connectivity index (χ2v) is 5.54. The van der Waals surface area contributed by atoms with E-state index in [1.54, 1.807) is 32.9 Å². The number of aryl methyl sites for hydroxylation is 1. The van der Waals surface area contributed by atoms with Crippen LogP contribution >= 0.6 is 0 Å². The first kappa shape index (κ1) is 15.5. The lowest BCUT2D eigenvalue weighted by Gasteiger charge is -2.34. The largest absolute Gasteiger partial charge is 0.631 e. The minimum absolute atomic E-state index is 0.0247. The highest BCUT2D eigenvalue weighted by Gasteiger charge is 2.26. The predicted molar refractivity (Wildman–Crippen MR) is 75.1 cm³/mol. The van der Waals surface area contributed by atoms with Crippen molar-refractivity contribution in [3.63, 3.8) is 0 Å². The first-order valence-corrected chi connectivity index (χ1v) is 6.88. The zero-order valence-electron chi connectivity index (χ0n) is 12.3. The van der Waals surface area contributed by atoms with Crippen molar-refractivity contribution in [2.45, 2.75) is 40.0 Å². The van der Waals surface area contributed by atoms with E-state index in [9.17, 15) is 14.8 Å². The summed E-state index contributed by atoms with van der Waals surface area (Å²) < 4.78 is 5.53. The third-order valence-electron chi connectivity index (χ3n) is 3.72. The molecule has 1 heterocycles. The van der Waals surface area contributed by atoms with E-state index in [1.165, 1.54) is 0 Å². The number of carbonyl (C=O) groups excluding carboxylic acids is 1. The molecule has 0 saturated carbocycles. The average molecular weight is 293 g/mol. The van der Waals surface area contributed by atoms with Crippen LogP contribution in [-0.2, 0) is 11.3 Å². The van der Waals surface area contributed by atoms with E-state index in [0.717, 1.165) is 5.56 Å². The maximum Gasteiger partial charge on any atom is 0.304 e. The van der Waals surface area contributed by atoms with Gasteiger partial charge in [0, 0.05) is 24.0 Å². The molecule has 1 aliphatic rings. The van der Waals surface area contributed by atoms with Gasteiger partial charge in [-0.1, -0.05) is 6.92 Å². The first-order valence-electron chi connectivity index (χ1n) is 6.88. The number of Topliss-reactive ketones (excluding diaryl/α,β-unsaturated/α-hetero) is 1. The molecule has 1 aromatic rings. The second-order valence-electron chi connectivity index (χ2n) is 5.54. The summed E-state index contributed by atoms with van der Waals surface area (Å²) in [6.07, 6.45) is -0.675. The van der Waals surface area contributed by atoms with E-state index in [4.69, 9.17) is 9.84 Å². The van der Waals surface area contributed by atoms with Crippen LogP contribution < -0.4 is 9.80 Å². The van der Waals surface area contributed by atoms with E-state index in [-0.39, 0.29) is 23.8 Å². The van der Waals surface area contributed by atoms with Gasteiger partial charge >= 0.3 is 5.97 Å². The molecule has 0 radical (unpaired) electrons. The SMILES string of the molecule is Cc1cc2c(cc1C(=O)C(C)CC(=O)O)C[NH+]([O-])C(C)O2. The Kier molecular flexibility index (Phi) is 4.29. The fraction of sp³-hybridized carbons (Fsp3) is 0.467. The van der Waals surface area contributed by atoms with E-state index < -0.39 is 18.1 Å². The number of fused-ring (bicyclic) bond motifs is 1. The van der Waals surface area contributed by atoms with Gasteiger partial charge in [0.05, 0.1) is 6.42 Å². The zero-order chi connectivity index (χ0) is 15.7. The quantitative estimate of drug-likeness (QED) is 0.636.